The molecule has 1 aromatic heterocycles. The molecular weight excluding hydrogens is 290 g/mol. The highest BCUT2D eigenvalue weighted by molar-refractivity contribution is 5.95. The summed E-state index contributed by atoms with van der Waals surface area (Å²) in [6.07, 6.45) is 5.26. The van der Waals surface area contributed by atoms with E-state index < -0.39 is 0 Å². The summed E-state index contributed by atoms with van der Waals surface area (Å²) >= 11 is 0. The number of hydrogen-bond acceptors (Lipinski definition) is 3. The number of nitrogens with zero attached hydrogens (tertiary/aromatic N) is 2. The number of anilines is 1. The zero-order valence-corrected chi connectivity index (χ0v) is 13.5. The Morgan fingerprint density at radius 2 is 2.17 bits per heavy atom. The number of benzene rings is 1. The van der Waals surface area contributed by atoms with Crippen LogP contribution in [-0.4, -0.2) is 17.6 Å². The van der Waals surface area contributed by atoms with Gasteiger partial charge in [0.05, 0.1) is 6.20 Å². The number of nitrogens with one attached hydrogen (secondary N) is 1. The number of carbonyl (C=O) groups excluding carboxylic acids is 1. The maximum absolute atomic E-state index is 12.8. The Labute approximate surface area is 135 Å². The van der Waals surface area contributed by atoms with E-state index in [0.717, 1.165) is 18.0 Å². The number of rotatable bonds is 2. The molecule has 1 fully saturated rings. The molecule has 4 rings (SSSR count). The van der Waals surface area contributed by atoms with Crippen LogP contribution in [0.25, 0.3) is 0 Å². The topological polar surface area (TPSA) is 58.4 Å². The minimum Gasteiger partial charge on any atom is -0.444 e. The molecule has 1 atom stereocenters. The van der Waals surface area contributed by atoms with Gasteiger partial charge in [-0.1, -0.05) is 24.6 Å². The molecule has 2 heterocycles. The molecule has 1 aliphatic carbocycles. The molecule has 120 valence electrons. The molecule has 5 nitrogen and oxygen atoms in total. The van der Waals surface area contributed by atoms with Crippen molar-refractivity contribution in [2.45, 2.75) is 44.6 Å². The maximum atomic E-state index is 12.8. The van der Waals surface area contributed by atoms with Crippen LogP contribution in [0.3, 0.4) is 0 Å². The fourth-order valence-corrected chi connectivity index (χ4v) is 3.74. The first-order valence-corrected chi connectivity index (χ1v) is 8.19. The molecule has 1 aromatic carbocycles. The maximum Gasteiger partial charge on any atom is 0.322 e. The van der Waals surface area contributed by atoms with Crippen molar-refractivity contribution in [1.29, 1.82) is 0 Å². The number of hydrogen-bond donors (Lipinski definition) is 1. The quantitative estimate of drug-likeness (QED) is 0.920. The van der Waals surface area contributed by atoms with Gasteiger partial charge in [-0.25, -0.2) is 9.78 Å². The summed E-state index contributed by atoms with van der Waals surface area (Å²) in [5.74, 6) is 1.29. The Balaban J connectivity index is 1.55. The molecular formula is C18H21N3O2. The molecule has 1 saturated carbocycles. The molecule has 0 bridgehead atoms. The SMILES string of the molecule is Cc1cnc(C(C)NC(=O)N2CC3(CCC3)c3ccccc32)o1. The van der Waals surface area contributed by atoms with Crippen LogP contribution >= 0.6 is 0 Å². The van der Waals surface area contributed by atoms with Crippen LogP contribution in [0.4, 0.5) is 10.5 Å². The molecule has 0 saturated heterocycles. The van der Waals surface area contributed by atoms with Gasteiger partial charge >= 0.3 is 6.03 Å². The van der Waals surface area contributed by atoms with E-state index >= 15 is 0 Å². The van der Waals surface area contributed by atoms with Crippen molar-refractivity contribution < 1.29 is 9.21 Å². The first-order chi connectivity index (χ1) is 11.1. The van der Waals surface area contributed by atoms with Crippen molar-refractivity contribution in [2.75, 3.05) is 11.4 Å². The first-order valence-electron chi connectivity index (χ1n) is 8.19. The van der Waals surface area contributed by atoms with Gasteiger partial charge in [0.15, 0.2) is 0 Å². The second kappa shape index (κ2) is 5.11. The van der Waals surface area contributed by atoms with Crippen LogP contribution in [0, 0.1) is 6.92 Å². The minimum absolute atomic E-state index is 0.0791. The van der Waals surface area contributed by atoms with Gasteiger partial charge in [0, 0.05) is 17.6 Å². The second-order valence-corrected chi connectivity index (χ2v) is 6.72. The van der Waals surface area contributed by atoms with Gasteiger partial charge in [0.2, 0.25) is 5.89 Å². The molecule has 23 heavy (non-hydrogen) atoms. The van der Waals surface area contributed by atoms with Crippen molar-refractivity contribution in [3.8, 4) is 0 Å². The smallest absolute Gasteiger partial charge is 0.322 e. The summed E-state index contributed by atoms with van der Waals surface area (Å²) < 4.78 is 5.51. The molecule has 2 aliphatic rings. The monoisotopic (exact) mass is 311 g/mol. The molecule has 2 aromatic rings. The van der Waals surface area contributed by atoms with Crippen molar-refractivity contribution in [2.24, 2.45) is 0 Å². The Hall–Kier alpha value is -2.30. The summed E-state index contributed by atoms with van der Waals surface area (Å²) in [6, 6.07) is 7.95. The van der Waals surface area contributed by atoms with E-state index in [-0.39, 0.29) is 17.5 Å². The van der Waals surface area contributed by atoms with Crippen molar-refractivity contribution in [3.63, 3.8) is 0 Å². The number of fused-ring (bicyclic) bond motifs is 2. The number of oxazole rings is 1. The molecule has 5 heteroatoms. The average molecular weight is 311 g/mol. The van der Waals surface area contributed by atoms with Crippen molar-refractivity contribution in [3.05, 3.63) is 47.7 Å². The van der Waals surface area contributed by atoms with Crippen LogP contribution in [0.15, 0.2) is 34.9 Å². The molecule has 1 aliphatic heterocycles. The van der Waals surface area contributed by atoms with E-state index in [1.807, 2.05) is 30.9 Å². The average Bonchev–Trinajstić information content (AvgIpc) is 3.08. The number of amides is 2. The Morgan fingerprint density at radius 3 is 2.83 bits per heavy atom. The van der Waals surface area contributed by atoms with E-state index in [0.29, 0.717) is 5.89 Å². The summed E-state index contributed by atoms with van der Waals surface area (Å²) in [5, 5.41) is 3.01. The zero-order valence-electron chi connectivity index (χ0n) is 13.5. The number of aromatic nitrogens is 1. The number of aryl methyl sites for hydroxylation is 1. The van der Waals surface area contributed by atoms with E-state index in [4.69, 9.17) is 4.42 Å². The lowest BCUT2D eigenvalue weighted by Gasteiger charge is -2.39. The van der Waals surface area contributed by atoms with E-state index in [1.54, 1.807) is 6.20 Å². The molecule has 2 amide bonds. The number of urea groups is 1. The lowest BCUT2D eigenvalue weighted by atomic mass is 9.66. The second-order valence-electron chi connectivity index (χ2n) is 6.72. The summed E-state index contributed by atoms with van der Waals surface area (Å²) in [6.45, 7) is 4.52. The van der Waals surface area contributed by atoms with E-state index in [1.165, 1.54) is 24.8 Å². The van der Waals surface area contributed by atoms with Gasteiger partial charge in [-0.05, 0) is 38.3 Å². The minimum atomic E-state index is -0.249. The molecule has 1 N–H and O–H groups in total. The highest BCUT2D eigenvalue weighted by Gasteiger charge is 2.48. The molecule has 1 spiro atoms. The normalized spacial score (nSPS) is 19.3. The Morgan fingerprint density at radius 1 is 1.39 bits per heavy atom. The predicted molar refractivity (Wildman–Crippen MR) is 87.5 cm³/mol. The lowest BCUT2D eigenvalue weighted by molar-refractivity contribution is 0.232. The van der Waals surface area contributed by atoms with Gasteiger partial charge in [-0.2, -0.15) is 0 Å². The largest absolute Gasteiger partial charge is 0.444 e. The zero-order chi connectivity index (χ0) is 16.0. The van der Waals surface area contributed by atoms with Gasteiger partial charge in [-0.3, -0.25) is 4.90 Å². The highest BCUT2D eigenvalue weighted by atomic mass is 16.4. The standard InChI is InChI=1S/C18H21N3O2/c1-12-10-19-16(23-12)13(2)20-17(22)21-11-18(8-5-9-18)14-6-3-4-7-15(14)21/h3-4,6-7,10,13H,5,8-9,11H2,1-2H3,(H,20,22). The van der Waals surface area contributed by atoms with Crippen LogP contribution in [0.1, 0.15) is 49.4 Å². The van der Waals surface area contributed by atoms with Crippen LogP contribution in [-0.2, 0) is 5.41 Å². The third-order valence-electron chi connectivity index (χ3n) is 5.13. The number of para-hydroxylation sites is 1. The Kier molecular flexibility index (Phi) is 3.18. The summed E-state index contributed by atoms with van der Waals surface area (Å²) in [4.78, 5) is 18.8. The molecule has 1 unspecified atom stereocenters. The fourth-order valence-electron chi connectivity index (χ4n) is 3.74. The summed E-state index contributed by atoms with van der Waals surface area (Å²) in [7, 11) is 0. The van der Waals surface area contributed by atoms with E-state index in [2.05, 4.69) is 22.4 Å². The molecule has 0 radical (unpaired) electrons. The summed E-state index contributed by atoms with van der Waals surface area (Å²) in [5.41, 5.74) is 2.54. The van der Waals surface area contributed by atoms with Gasteiger partial charge in [0.1, 0.15) is 11.8 Å². The van der Waals surface area contributed by atoms with Crippen LogP contribution in [0.5, 0.6) is 0 Å². The van der Waals surface area contributed by atoms with Gasteiger partial charge in [0.25, 0.3) is 0 Å². The third kappa shape index (κ3) is 2.22. The van der Waals surface area contributed by atoms with Gasteiger partial charge < -0.3 is 9.73 Å². The van der Waals surface area contributed by atoms with Gasteiger partial charge in [-0.15, -0.1) is 0 Å². The van der Waals surface area contributed by atoms with E-state index in [9.17, 15) is 4.79 Å². The van der Waals surface area contributed by atoms with Crippen LogP contribution in [0.2, 0.25) is 0 Å². The first kappa shape index (κ1) is 14.3. The van der Waals surface area contributed by atoms with Crippen LogP contribution < -0.4 is 10.2 Å². The number of carbonyl (C=O) groups is 1. The van der Waals surface area contributed by atoms with Crippen molar-refractivity contribution >= 4 is 11.7 Å². The predicted octanol–water partition coefficient (Wildman–Crippen LogP) is 3.70. The Bertz CT molecular complexity index is 748. The lowest BCUT2D eigenvalue weighted by Crippen LogP contribution is -2.45. The fraction of sp³-hybridized carbons (Fsp3) is 0.444. The van der Waals surface area contributed by atoms with Crippen molar-refractivity contribution in [1.82, 2.24) is 10.3 Å². The highest BCUT2D eigenvalue weighted by Crippen LogP contribution is 2.52. The third-order valence-corrected chi connectivity index (χ3v) is 5.13.